The average Bonchev–Trinajstić information content (AvgIpc) is 2.55. The molecule has 1 heterocycles. The van der Waals surface area contributed by atoms with Crippen LogP contribution in [-0.2, 0) is 0 Å². The molecule has 0 aliphatic carbocycles. The van der Waals surface area contributed by atoms with Gasteiger partial charge in [0.25, 0.3) is 0 Å². The fraction of sp³-hybridized carbons (Fsp3) is 0.467. The van der Waals surface area contributed by atoms with Gasteiger partial charge in [0, 0.05) is 48.7 Å². The highest BCUT2D eigenvalue weighted by atomic mass is 32.2. The molecule has 1 saturated heterocycles. The predicted molar refractivity (Wildman–Crippen MR) is 92.2 cm³/mol. The number of hydrogen-bond donors (Lipinski definition) is 3. The zero-order valence-corrected chi connectivity index (χ0v) is 13.9. The molecule has 0 unspecified atom stereocenters. The van der Waals surface area contributed by atoms with Crippen LogP contribution < -0.4 is 21.7 Å². The second-order valence-corrected chi connectivity index (χ2v) is 5.63. The fourth-order valence-corrected chi connectivity index (χ4v) is 2.98. The number of nitrogens with zero attached hydrogens (tertiary/aromatic N) is 1. The lowest BCUT2D eigenvalue weighted by molar-refractivity contribution is 0.574. The molecule has 7 heteroatoms. The largest absolute Gasteiger partial charge is 0.403 e. The molecule has 1 aliphatic heterocycles. The van der Waals surface area contributed by atoms with E-state index in [2.05, 4.69) is 5.32 Å². The van der Waals surface area contributed by atoms with Crippen LogP contribution in [0.3, 0.4) is 0 Å². The third-order valence-electron chi connectivity index (χ3n) is 3.07. The summed E-state index contributed by atoms with van der Waals surface area (Å²) in [6, 6.07) is 2.53. The van der Waals surface area contributed by atoms with Gasteiger partial charge in [0.05, 0.1) is 0 Å². The zero-order valence-electron chi connectivity index (χ0n) is 13.0. The van der Waals surface area contributed by atoms with Gasteiger partial charge in [0.1, 0.15) is 5.69 Å². The van der Waals surface area contributed by atoms with Gasteiger partial charge in [-0.3, -0.25) is 0 Å². The monoisotopic (exact) mass is 330 g/mol. The van der Waals surface area contributed by atoms with Crippen LogP contribution in [0.15, 0.2) is 24.0 Å². The summed E-state index contributed by atoms with van der Waals surface area (Å²) in [4.78, 5) is 1.74. The van der Waals surface area contributed by atoms with Crippen LogP contribution >= 0.6 is 11.8 Å². The minimum absolute atomic E-state index is 0.0434. The van der Waals surface area contributed by atoms with Crippen molar-refractivity contribution >= 4 is 23.1 Å². The van der Waals surface area contributed by atoms with Crippen LogP contribution in [0.25, 0.3) is 0 Å². The third-order valence-corrected chi connectivity index (χ3v) is 4.01. The first-order valence-electron chi connectivity index (χ1n) is 7.35. The molecule has 2 rings (SSSR count). The summed E-state index contributed by atoms with van der Waals surface area (Å²) in [5, 5.41) is 2.80. The Balaban J connectivity index is 0.00000116. The summed E-state index contributed by atoms with van der Waals surface area (Å²) in [6.45, 7) is 5.48. The molecule has 0 saturated carbocycles. The number of nitrogens with one attached hydrogen (secondary N) is 1. The van der Waals surface area contributed by atoms with E-state index >= 15 is 0 Å². The first-order valence-corrected chi connectivity index (χ1v) is 8.50. The molecule has 1 fully saturated rings. The number of thioether (sulfide) groups is 1. The van der Waals surface area contributed by atoms with Gasteiger partial charge in [-0.2, -0.15) is 11.8 Å². The number of rotatable bonds is 4. The second kappa shape index (κ2) is 9.53. The SMILES string of the molecule is CC.N/C=C(/CN)Nc1cc(F)c(N2CCSCC2)c(F)c1. The lowest BCUT2D eigenvalue weighted by Gasteiger charge is -2.29. The molecule has 1 aromatic rings. The van der Waals surface area contributed by atoms with E-state index in [1.54, 1.807) is 16.7 Å². The molecule has 0 spiro atoms. The van der Waals surface area contributed by atoms with E-state index in [1.165, 1.54) is 18.3 Å². The highest BCUT2D eigenvalue weighted by Gasteiger charge is 2.20. The summed E-state index contributed by atoms with van der Waals surface area (Å²) < 4.78 is 28.3. The fourth-order valence-electron chi connectivity index (χ4n) is 2.07. The van der Waals surface area contributed by atoms with Gasteiger partial charge < -0.3 is 21.7 Å². The van der Waals surface area contributed by atoms with Gasteiger partial charge in [0.2, 0.25) is 0 Å². The van der Waals surface area contributed by atoms with Crippen LogP contribution in [0.4, 0.5) is 20.2 Å². The quantitative estimate of drug-likeness (QED) is 0.792. The maximum Gasteiger partial charge on any atom is 0.151 e. The molecule has 22 heavy (non-hydrogen) atoms. The molecule has 0 aromatic heterocycles. The molecule has 0 bridgehead atoms. The smallest absolute Gasteiger partial charge is 0.151 e. The van der Waals surface area contributed by atoms with E-state index in [9.17, 15) is 8.78 Å². The lowest BCUT2D eigenvalue weighted by atomic mass is 10.2. The third kappa shape index (κ3) is 4.78. The van der Waals surface area contributed by atoms with Crippen LogP contribution in [0.2, 0.25) is 0 Å². The molecule has 1 aromatic carbocycles. The highest BCUT2D eigenvalue weighted by molar-refractivity contribution is 7.99. The first kappa shape index (κ1) is 18.6. The summed E-state index contributed by atoms with van der Waals surface area (Å²) in [5.74, 6) is 0.610. The van der Waals surface area contributed by atoms with Crippen LogP contribution in [0, 0.1) is 11.6 Å². The van der Waals surface area contributed by atoms with Crippen LogP contribution in [0.5, 0.6) is 0 Å². The van der Waals surface area contributed by atoms with Gasteiger partial charge in [-0.05, 0) is 12.1 Å². The van der Waals surface area contributed by atoms with Gasteiger partial charge >= 0.3 is 0 Å². The Morgan fingerprint density at radius 1 is 1.27 bits per heavy atom. The van der Waals surface area contributed by atoms with Crippen molar-refractivity contribution in [3.8, 4) is 0 Å². The van der Waals surface area contributed by atoms with E-state index in [0.717, 1.165) is 11.5 Å². The van der Waals surface area contributed by atoms with Crippen molar-refractivity contribution in [1.29, 1.82) is 0 Å². The minimum atomic E-state index is -0.576. The van der Waals surface area contributed by atoms with Crippen molar-refractivity contribution < 1.29 is 8.78 Å². The van der Waals surface area contributed by atoms with Crippen LogP contribution in [0.1, 0.15) is 13.8 Å². The number of halogens is 2. The average molecular weight is 330 g/mol. The molecule has 5 N–H and O–H groups in total. The predicted octanol–water partition coefficient (Wildman–Crippen LogP) is 2.71. The Hall–Kier alpha value is -1.47. The van der Waals surface area contributed by atoms with Gasteiger partial charge in [0.15, 0.2) is 11.6 Å². The standard InChI is InChI=1S/C13H18F2N4S.C2H6/c14-11-5-9(18-10(7-16)8-17)6-12(15)13(11)19-1-3-20-4-2-19;1-2/h5-7,18H,1-4,8,16-17H2;1-2H3/b10-7-;. The molecule has 0 radical (unpaired) electrons. The van der Waals surface area contributed by atoms with Gasteiger partial charge in [-0.15, -0.1) is 0 Å². The van der Waals surface area contributed by atoms with Gasteiger partial charge in [-0.1, -0.05) is 13.8 Å². The molecular weight excluding hydrogens is 306 g/mol. The highest BCUT2D eigenvalue weighted by Crippen LogP contribution is 2.29. The summed E-state index contributed by atoms with van der Waals surface area (Å²) in [5.41, 5.74) is 11.6. The Bertz CT molecular complexity index is 479. The molecule has 1 aliphatic rings. The number of benzene rings is 1. The number of hydrogen-bond acceptors (Lipinski definition) is 5. The summed E-state index contributed by atoms with van der Waals surface area (Å²) >= 11 is 1.79. The summed E-state index contributed by atoms with van der Waals surface area (Å²) in [6.07, 6.45) is 1.28. The van der Waals surface area contributed by atoms with E-state index in [0.29, 0.717) is 24.5 Å². The second-order valence-electron chi connectivity index (χ2n) is 4.41. The van der Waals surface area contributed by atoms with Gasteiger partial charge in [-0.25, -0.2) is 8.78 Å². The maximum atomic E-state index is 14.1. The maximum absolute atomic E-state index is 14.1. The molecular formula is C15H24F2N4S. The molecule has 0 amide bonds. The number of anilines is 2. The first-order chi connectivity index (χ1) is 10.7. The molecule has 0 atom stereocenters. The summed E-state index contributed by atoms with van der Waals surface area (Å²) in [7, 11) is 0. The van der Waals surface area contributed by atoms with Crippen molar-refractivity contribution in [3.05, 3.63) is 35.7 Å². The van der Waals surface area contributed by atoms with Crippen LogP contribution in [-0.4, -0.2) is 31.1 Å². The Labute approximate surface area is 134 Å². The van der Waals surface area contributed by atoms with Crippen molar-refractivity contribution in [3.63, 3.8) is 0 Å². The van der Waals surface area contributed by atoms with Crippen molar-refractivity contribution in [2.45, 2.75) is 13.8 Å². The van der Waals surface area contributed by atoms with Crippen molar-refractivity contribution in [2.75, 3.05) is 41.4 Å². The number of nitrogens with two attached hydrogens (primary N) is 2. The van der Waals surface area contributed by atoms with E-state index in [1.807, 2.05) is 13.8 Å². The topological polar surface area (TPSA) is 67.3 Å². The molecule has 4 nitrogen and oxygen atoms in total. The van der Waals surface area contributed by atoms with E-state index in [4.69, 9.17) is 11.5 Å². The van der Waals surface area contributed by atoms with E-state index < -0.39 is 11.6 Å². The normalized spacial score (nSPS) is 15.1. The Morgan fingerprint density at radius 2 is 1.82 bits per heavy atom. The Kier molecular flexibility index (Phi) is 8.05. The Morgan fingerprint density at radius 3 is 2.27 bits per heavy atom. The van der Waals surface area contributed by atoms with Crippen molar-refractivity contribution in [2.24, 2.45) is 11.5 Å². The molecule has 124 valence electrons. The minimum Gasteiger partial charge on any atom is -0.403 e. The lowest BCUT2D eigenvalue weighted by Crippen LogP contribution is -2.33. The van der Waals surface area contributed by atoms with Crippen molar-refractivity contribution in [1.82, 2.24) is 0 Å². The zero-order chi connectivity index (χ0) is 16.5. The van der Waals surface area contributed by atoms with E-state index in [-0.39, 0.29) is 12.2 Å².